The molecule has 0 saturated heterocycles. The summed E-state index contributed by atoms with van der Waals surface area (Å²) in [7, 11) is 0. The number of hydrogen-bond acceptors (Lipinski definition) is 2. The van der Waals surface area contributed by atoms with Crippen LogP contribution in [0.1, 0.15) is 0 Å². The molecule has 0 saturated carbocycles. The highest BCUT2D eigenvalue weighted by Gasteiger charge is 2.11. The Morgan fingerprint density at radius 3 is 2.77 bits per heavy atom. The van der Waals surface area contributed by atoms with Crippen LogP contribution in [0.2, 0.25) is 5.02 Å². The molecule has 0 aliphatic heterocycles. The first kappa shape index (κ1) is 8.13. The van der Waals surface area contributed by atoms with E-state index in [0.717, 1.165) is 0 Å². The topological polar surface area (TPSA) is 47.2 Å². The largest absolute Gasteiger partial charge is 0.618 e. The Balaban J connectivity index is 3.00. The van der Waals surface area contributed by atoms with E-state index in [9.17, 15) is 10.3 Å². The van der Waals surface area contributed by atoms with Crippen molar-refractivity contribution in [3.05, 3.63) is 40.7 Å². The van der Waals surface area contributed by atoms with Gasteiger partial charge in [0, 0.05) is 6.07 Å². The minimum Gasteiger partial charge on any atom is -0.618 e. The average molecular weight is 196 g/mol. The van der Waals surface area contributed by atoms with E-state index < -0.39 is 0 Å². The Hall–Kier alpha value is -1.48. The number of nitrogens with zero attached hydrogens (tertiary/aromatic N) is 1. The molecule has 0 unspecified atom stereocenters. The maximum absolute atomic E-state index is 11.2. The molecule has 0 aliphatic rings. The second-order valence-electron chi connectivity index (χ2n) is 2.66. The van der Waals surface area contributed by atoms with E-state index in [1.165, 1.54) is 12.3 Å². The minimum atomic E-state index is -0.0602. The second kappa shape index (κ2) is 2.78. The van der Waals surface area contributed by atoms with Crippen LogP contribution in [0.15, 0.2) is 30.5 Å². The smallest absolute Gasteiger partial charge is 0.267 e. The number of phenolic OH excluding ortho intramolecular Hbond substituents is 1. The zero-order valence-electron chi connectivity index (χ0n) is 6.57. The molecule has 0 fully saturated rings. The zero-order valence-corrected chi connectivity index (χ0v) is 7.32. The van der Waals surface area contributed by atoms with Crippen molar-refractivity contribution in [3.63, 3.8) is 0 Å². The lowest BCUT2D eigenvalue weighted by Crippen LogP contribution is -2.25. The van der Waals surface area contributed by atoms with Gasteiger partial charge in [0.15, 0.2) is 11.9 Å². The van der Waals surface area contributed by atoms with Gasteiger partial charge >= 0.3 is 0 Å². The first-order valence-electron chi connectivity index (χ1n) is 3.69. The predicted molar refractivity (Wildman–Crippen MR) is 49.6 cm³/mol. The van der Waals surface area contributed by atoms with E-state index >= 15 is 0 Å². The Bertz CT molecular complexity index is 462. The lowest BCUT2D eigenvalue weighted by molar-refractivity contribution is -0.577. The Kier molecular flexibility index (Phi) is 1.74. The van der Waals surface area contributed by atoms with Gasteiger partial charge in [-0.25, -0.2) is 0 Å². The number of benzene rings is 1. The van der Waals surface area contributed by atoms with Crippen molar-refractivity contribution >= 4 is 22.5 Å². The van der Waals surface area contributed by atoms with Crippen molar-refractivity contribution in [2.45, 2.75) is 0 Å². The summed E-state index contributed by atoms with van der Waals surface area (Å²) in [5, 5.41) is 21.7. The standard InChI is InChI=1S/C9H6ClNO2/c10-7-3-4-8(12)9-6(7)2-1-5-11(9)13/h1-5,12H. The average Bonchev–Trinajstić information content (AvgIpc) is 2.12. The highest BCUT2D eigenvalue weighted by atomic mass is 35.5. The quantitative estimate of drug-likeness (QED) is 0.515. The van der Waals surface area contributed by atoms with Crippen LogP contribution in [0.4, 0.5) is 0 Å². The fourth-order valence-electron chi connectivity index (χ4n) is 1.25. The normalized spacial score (nSPS) is 10.5. The Labute approximate surface area is 79.4 Å². The van der Waals surface area contributed by atoms with Gasteiger partial charge in [0.05, 0.1) is 10.4 Å². The highest BCUT2D eigenvalue weighted by molar-refractivity contribution is 6.35. The summed E-state index contributed by atoms with van der Waals surface area (Å²) in [6.07, 6.45) is 1.32. The van der Waals surface area contributed by atoms with Gasteiger partial charge in [-0.05, 0) is 18.2 Å². The molecule has 0 spiro atoms. The number of fused-ring (bicyclic) bond motifs is 1. The summed E-state index contributed by atoms with van der Waals surface area (Å²) >= 11 is 5.84. The number of phenols is 1. The van der Waals surface area contributed by atoms with Gasteiger partial charge in [0.1, 0.15) is 0 Å². The van der Waals surface area contributed by atoms with Crippen LogP contribution in [-0.2, 0) is 0 Å². The molecule has 13 heavy (non-hydrogen) atoms. The molecular formula is C9H6ClNO2. The van der Waals surface area contributed by atoms with Crippen molar-refractivity contribution in [2.24, 2.45) is 0 Å². The third-order valence-corrected chi connectivity index (χ3v) is 2.18. The van der Waals surface area contributed by atoms with E-state index in [1.54, 1.807) is 18.2 Å². The SMILES string of the molecule is [O-][n+]1cccc2c(Cl)ccc(O)c21. The van der Waals surface area contributed by atoms with Gasteiger partial charge in [0.25, 0.3) is 5.52 Å². The Morgan fingerprint density at radius 1 is 1.31 bits per heavy atom. The summed E-state index contributed by atoms with van der Waals surface area (Å²) in [6.45, 7) is 0. The van der Waals surface area contributed by atoms with E-state index in [1.807, 2.05) is 0 Å². The number of rotatable bonds is 0. The fraction of sp³-hybridized carbons (Fsp3) is 0. The van der Waals surface area contributed by atoms with Crippen LogP contribution in [-0.4, -0.2) is 5.11 Å². The van der Waals surface area contributed by atoms with Crippen molar-refractivity contribution < 1.29 is 9.84 Å². The maximum Gasteiger partial charge on any atom is 0.267 e. The highest BCUT2D eigenvalue weighted by Crippen LogP contribution is 2.27. The molecule has 66 valence electrons. The molecule has 1 N–H and O–H groups in total. The third-order valence-electron chi connectivity index (χ3n) is 1.85. The predicted octanol–water partition coefficient (Wildman–Crippen LogP) is 1.83. The lowest BCUT2D eigenvalue weighted by Gasteiger charge is -2.03. The second-order valence-corrected chi connectivity index (χ2v) is 3.07. The molecule has 1 aromatic carbocycles. The molecule has 2 aromatic rings. The van der Waals surface area contributed by atoms with E-state index in [-0.39, 0.29) is 11.3 Å². The van der Waals surface area contributed by atoms with Gasteiger partial charge in [0.2, 0.25) is 0 Å². The van der Waals surface area contributed by atoms with Gasteiger partial charge < -0.3 is 10.3 Å². The molecule has 2 rings (SSSR count). The lowest BCUT2D eigenvalue weighted by atomic mass is 10.2. The van der Waals surface area contributed by atoms with Crippen molar-refractivity contribution in [1.29, 1.82) is 0 Å². The number of pyridine rings is 1. The number of aromatic hydroxyl groups is 1. The molecule has 1 aromatic heterocycles. The number of aromatic nitrogens is 1. The van der Waals surface area contributed by atoms with Crippen LogP contribution in [0.25, 0.3) is 10.9 Å². The molecule has 0 aliphatic carbocycles. The maximum atomic E-state index is 11.2. The van der Waals surface area contributed by atoms with Gasteiger partial charge in [-0.3, -0.25) is 0 Å². The molecule has 0 bridgehead atoms. The minimum absolute atomic E-state index is 0.0602. The summed E-state index contributed by atoms with van der Waals surface area (Å²) in [6, 6.07) is 6.23. The zero-order chi connectivity index (χ0) is 9.42. The summed E-state index contributed by atoms with van der Waals surface area (Å²) in [5.74, 6) is -0.0602. The Morgan fingerprint density at radius 2 is 2.08 bits per heavy atom. The van der Waals surface area contributed by atoms with Gasteiger partial charge in [-0.1, -0.05) is 11.6 Å². The van der Waals surface area contributed by atoms with Crippen molar-refractivity contribution in [3.8, 4) is 5.75 Å². The van der Waals surface area contributed by atoms with E-state index in [2.05, 4.69) is 0 Å². The molecular weight excluding hydrogens is 190 g/mol. The monoisotopic (exact) mass is 195 g/mol. The van der Waals surface area contributed by atoms with Gasteiger partial charge in [-0.2, -0.15) is 4.73 Å². The fourth-order valence-corrected chi connectivity index (χ4v) is 1.47. The van der Waals surface area contributed by atoms with E-state index in [0.29, 0.717) is 15.1 Å². The summed E-state index contributed by atoms with van der Waals surface area (Å²) < 4.78 is 0.594. The van der Waals surface area contributed by atoms with Crippen LogP contribution in [0.5, 0.6) is 5.75 Å². The number of halogens is 1. The van der Waals surface area contributed by atoms with Crippen molar-refractivity contribution in [1.82, 2.24) is 0 Å². The van der Waals surface area contributed by atoms with Crippen LogP contribution in [0.3, 0.4) is 0 Å². The van der Waals surface area contributed by atoms with E-state index in [4.69, 9.17) is 11.6 Å². The first-order valence-corrected chi connectivity index (χ1v) is 4.07. The van der Waals surface area contributed by atoms with Crippen LogP contribution >= 0.6 is 11.6 Å². The molecule has 0 amide bonds. The molecule has 0 radical (unpaired) electrons. The molecule has 3 nitrogen and oxygen atoms in total. The van der Waals surface area contributed by atoms with Crippen molar-refractivity contribution in [2.75, 3.05) is 0 Å². The molecule has 0 atom stereocenters. The molecule has 1 heterocycles. The van der Waals surface area contributed by atoms with Crippen LogP contribution < -0.4 is 4.73 Å². The third kappa shape index (κ3) is 1.17. The first-order chi connectivity index (χ1) is 6.20. The summed E-state index contributed by atoms with van der Waals surface area (Å²) in [4.78, 5) is 0. The van der Waals surface area contributed by atoms with Gasteiger partial charge in [-0.15, -0.1) is 0 Å². The van der Waals surface area contributed by atoms with Crippen LogP contribution in [0, 0.1) is 5.21 Å². The number of hydrogen-bond donors (Lipinski definition) is 1. The summed E-state index contributed by atoms with van der Waals surface area (Å²) in [5.41, 5.74) is 0.204. The molecule has 4 heteroatoms.